The number of benzene rings is 2. The standard InChI is InChI=1S/C18H15NO3/c1-13-10-15(17-4-2-3-5-18(17)19(13)21)12-22-16-8-6-14(11-20)7-9-16/h2-11H,12H2,1H3. The van der Waals surface area contributed by atoms with E-state index in [0.717, 1.165) is 22.0 Å². The normalized spacial score (nSPS) is 10.6. The highest BCUT2D eigenvalue weighted by Gasteiger charge is 2.12. The zero-order chi connectivity index (χ0) is 15.5. The molecule has 0 aliphatic carbocycles. The number of rotatable bonds is 4. The predicted molar refractivity (Wildman–Crippen MR) is 83.8 cm³/mol. The number of nitrogens with zero attached hydrogens (tertiary/aromatic N) is 1. The summed E-state index contributed by atoms with van der Waals surface area (Å²) < 4.78 is 6.70. The summed E-state index contributed by atoms with van der Waals surface area (Å²) >= 11 is 0. The van der Waals surface area contributed by atoms with Gasteiger partial charge in [-0.25, -0.2) is 0 Å². The van der Waals surface area contributed by atoms with Crippen molar-refractivity contribution < 1.29 is 14.3 Å². The van der Waals surface area contributed by atoms with Crippen molar-refractivity contribution in [2.45, 2.75) is 13.5 Å². The Labute approximate surface area is 128 Å². The van der Waals surface area contributed by atoms with E-state index >= 15 is 0 Å². The number of aryl methyl sites for hydroxylation is 1. The van der Waals surface area contributed by atoms with E-state index in [-0.39, 0.29) is 0 Å². The molecule has 1 heterocycles. The molecule has 0 atom stereocenters. The summed E-state index contributed by atoms with van der Waals surface area (Å²) in [5, 5.41) is 13.0. The maximum absolute atomic E-state index is 12.1. The molecule has 0 saturated heterocycles. The van der Waals surface area contributed by atoms with Crippen LogP contribution in [0, 0.1) is 12.1 Å². The van der Waals surface area contributed by atoms with Gasteiger partial charge >= 0.3 is 0 Å². The van der Waals surface area contributed by atoms with Crippen LogP contribution in [0.2, 0.25) is 0 Å². The molecule has 0 spiro atoms. The molecule has 0 fully saturated rings. The van der Waals surface area contributed by atoms with E-state index in [4.69, 9.17) is 4.74 Å². The number of carbonyl (C=O) groups excluding carboxylic acids is 1. The van der Waals surface area contributed by atoms with Crippen molar-refractivity contribution in [3.8, 4) is 5.75 Å². The highest BCUT2D eigenvalue weighted by Crippen LogP contribution is 2.19. The largest absolute Gasteiger partial charge is 0.618 e. The minimum absolute atomic E-state index is 0.364. The first-order chi connectivity index (χ1) is 10.7. The van der Waals surface area contributed by atoms with Crippen LogP contribution in [0.15, 0.2) is 54.6 Å². The van der Waals surface area contributed by atoms with Gasteiger partial charge in [-0.1, -0.05) is 12.1 Å². The molecule has 3 rings (SSSR count). The third kappa shape index (κ3) is 2.63. The van der Waals surface area contributed by atoms with Gasteiger partial charge in [-0.3, -0.25) is 4.79 Å². The van der Waals surface area contributed by atoms with Gasteiger partial charge < -0.3 is 9.94 Å². The molecule has 22 heavy (non-hydrogen) atoms. The van der Waals surface area contributed by atoms with Crippen LogP contribution in [-0.4, -0.2) is 6.29 Å². The molecular formula is C18H15NO3. The Balaban J connectivity index is 1.90. The van der Waals surface area contributed by atoms with Crippen LogP contribution in [0.5, 0.6) is 5.75 Å². The van der Waals surface area contributed by atoms with Crippen molar-refractivity contribution in [2.24, 2.45) is 0 Å². The van der Waals surface area contributed by atoms with Crippen molar-refractivity contribution in [2.75, 3.05) is 0 Å². The Kier molecular flexibility index (Phi) is 3.74. The van der Waals surface area contributed by atoms with Crippen molar-refractivity contribution in [3.63, 3.8) is 0 Å². The molecule has 0 radical (unpaired) electrons. The van der Waals surface area contributed by atoms with E-state index in [0.29, 0.717) is 29.1 Å². The molecule has 110 valence electrons. The van der Waals surface area contributed by atoms with Gasteiger partial charge in [0.1, 0.15) is 18.6 Å². The number of ether oxygens (including phenoxy) is 1. The first-order valence-corrected chi connectivity index (χ1v) is 6.98. The summed E-state index contributed by atoms with van der Waals surface area (Å²) in [6, 6.07) is 16.2. The van der Waals surface area contributed by atoms with Gasteiger partial charge in [-0.2, -0.15) is 4.73 Å². The summed E-state index contributed by atoms with van der Waals surface area (Å²) in [5.74, 6) is 0.686. The SMILES string of the molecule is Cc1cc(COc2ccc(C=O)cc2)c2ccccc2[n+]1[O-]. The molecule has 0 saturated carbocycles. The first kappa shape index (κ1) is 14.1. The Morgan fingerprint density at radius 1 is 1.14 bits per heavy atom. The van der Waals surface area contributed by atoms with Crippen LogP contribution in [-0.2, 0) is 6.61 Å². The van der Waals surface area contributed by atoms with E-state index in [1.165, 1.54) is 0 Å². The van der Waals surface area contributed by atoms with Gasteiger partial charge in [-0.05, 0) is 30.3 Å². The number of pyridine rings is 1. The number of hydrogen-bond donors (Lipinski definition) is 0. The summed E-state index contributed by atoms with van der Waals surface area (Å²) in [5.41, 5.74) is 2.84. The Bertz CT molecular complexity index is 826. The molecule has 0 bridgehead atoms. The molecule has 0 unspecified atom stereocenters. The summed E-state index contributed by atoms with van der Waals surface area (Å²) in [7, 11) is 0. The highest BCUT2D eigenvalue weighted by molar-refractivity contribution is 5.79. The molecule has 4 nitrogen and oxygen atoms in total. The minimum Gasteiger partial charge on any atom is -0.618 e. The zero-order valence-corrected chi connectivity index (χ0v) is 12.2. The van der Waals surface area contributed by atoms with Crippen LogP contribution >= 0.6 is 0 Å². The van der Waals surface area contributed by atoms with Crippen molar-refractivity contribution in [3.05, 3.63) is 76.6 Å². The van der Waals surface area contributed by atoms with E-state index in [2.05, 4.69) is 0 Å². The van der Waals surface area contributed by atoms with Crippen molar-refractivity contribution in [1.82, 2.24) is 0 Å². The Morgan fingerprint density at radius 2 is 1.86 bits per heavy atom. The van der Waals surface area contributed by atoms with Crippen LogP contribution in [0.25, 0.3) is 10.9 Å². The average molecular weight is 293 g/mol. The summed E-state index contributed by atoms with van der Waals surface area (Å²) in [6.45, 7) is 2.14. The van der Waals surface area contributed by atoms with E-state index in [1.807, 2.05) is 24.3 Å². The van der Waals surface area contributed by atoms with Gasteiger partial charge in [0, 0.05) is 30.2 Å². The molecule has 3 aromatic rings. The van der Waals surface area contributed by atoms with E-state index in [9.17, 15) is 10.0 Å². The van der Waals surface area contributed by atoms with Crippen molar-refractivity contribution in [1.29, 1.82) is 0 Å². The molecule has 2 aromatic carbocycles. The number of hydrogen-bond acceptors (Lipinski definition) is 3. The second-order valence-electron chi connectivity index (χ2n) is 5.10. The Morgan fingerprint density at radius 3 is 2.59 bits per heavy atom. The molecule has 0 aliphatic heterocycles. The lowest BCUT2D eigenvalue weighted by Gasteiger charge is -2.11. The molecular weight excluding hydrogens is 278 g/mol. The van der Waals surface area contributed by atoms with Gasteiger partial charge in [0.2, 0.25) is 5.52 Å². The number of aldehydes is 1. The van der Waals surface area contributed by atoms with E-state index in [1.54, 1.807) is 37.3 Å². The molecule has 0 N–H and O–H groups in total. The fourth-order valence-corrected chi connectivity index (χ4v) is 2.42. The average Bonchev–Trinajstić information content (AvgIpc) is 2.57. The quantitative estimate of drug-likeness (QED) is 0.422. The van der Waals surface area contributed by atoms with Crippen LogP contribution in [0.4, 0.5) is 0 Å². The second kappa shape index (κ2) is 5.85. The van der Waals surface area contributed by atoms with E-state index < -0.39 is 0 Å². The van der Waals surface area contributed by atoms with Gasteiger partial charge in [0.25, 0.3) is 0 Å². The first-order valence-electron chi connectivity index (χ1n) is 6.98. The maximum atomic E-state index is 12.1. The van der Waals surface area contributed by atoms with Gasteiger partial charge in [-0.15, -0.1) is 0 Å². The lowest BCUT2D eigenvalue weighted by atomic mass is 10.1. The van der Waals surface area contributed by atoms with Crippen LogP contribution < -0.4 is 9.47 Å². The third-order valence-corrected chi connectivity index (χ3v) is 3.58. The fourth-order valence-electron chi connectivity index (χ4n) is 2.42. The lowest BCUT2D eigenvalue weighted by molar-refractivity contribution is -0.584. The number of fused-ring (bicyclic) bond motifs is 1. The Hall–Kier alpha value is -2.88. The number of para-hydroxylation sites is 1. The highest BCUT2D eigenvalue weighted by atomic mass is 16.5. The van der Waals surface area contributed by atoms with Crippen molar-refractivity contribution >= 4 is 17.2 Å². The number of carbonyl (C=O) groups is 1. The smallest absolute Gasteiger partial charge is 0.224 e. The van der Waals surface area contributed by atoms with Gasteiger partial charge in [0.05, 0.1) is 5.39 Å². The van der Waals surface area contributed by atoms with Gasteiger partial charge in [0.15, 0.2) is 5.69 Å². The zero-order valence-electron chi connectivity index (χ0n) is 12.2. The second-order valence-corrected chi connectivity index (χ2v) is 5.10. The summed E-state index contributed by atoms with van der Waals surface area (Å²) in [6.07, 6.45) is 0.796. The monoisotopic (exact) mass is 293 g/mol. The topological polar surface area (TPSA) is 53.2 Å². The van der Waals surface area contributed by atoms with Crippen LogP contribution in [0.1, 0.15) is 21.6 Å². The number of aromatic nitrogens is 1. The molecule has 0 amide bonds. The third-order valence-electron chi connectivity index (χ3n) is 3.58. The van der Waals surface area contributed by atoms with Crippen LogP contribution in [0.3, 0.4) is 0 Å². The predicted octanol–water partition coefficient (Wildman–Crippen LogP) is 3.17. The molecule has 4 heteroatoms. The molecule has 1 aromatic heterocycles. The summed E-state index contributed by atoms with van der Waals surface area (Å²) in [4.78, 5) is 10.6. The molecule has 0 aliphatic rings. The fraction of sp³-hybridized carbons (Fsp3) is 0.111. The maximum Gasteiger partial charge on any atom is 0.224 e. The minimum atomic E-state index is 0.364. The lowest BCUT2D eigenvalue weighted by Crippen LogP contribution is -2.31.